The van der Waals surface area contributed by atoms with E-state index in [9.17, 15) is 0 Å². The van der Waals surface area contributed by atoms with Gasteiger partial charge in [-0.15, -0.1) is 0 Å². The highest BCUT2D eigenvalue weighted by Gasteiger charge is 2.32. The van der Waals surface area contributed by atoms with Gasteiger partial charge in [0.15, 0.2) is 6.29 Å². The molecule has 1 aromatic rings. The summed E-state index contributed by atoms with van der Waals surface area (Å²) >= 11 is 0. The second-order valence-corrected chi connectivity index (χ2v) is 6.02. The minimum Gasteiger partial charge on any atom is -0.378 e. The quantitative estimate of drug-likeness (QED) is 0.834. The lowest BCUT2D eigenvalue weighted by molar-refractivity contribution is -0.0441. The zero-order chi connectivity index (χ0) is 14.2. The van der Waals surface area contributed by atoms with Crippen LogP contribution in [0.3, 0.4) is 0 Å². The van der Waals surface area contributed by atoms with Crippen LogP contribution in [0.4, 0.5) is 0 Å². The van der Waals surface area contributed by atoms with Crippen LogP contribution in [-0.4, -0.2) is 50.5 Å². The first-order chi connectivity index (χ1) is 10.3. The summed E-state index contributed by atoms with van der Waals surface area (Å²) in [5.74, 6) is 0. The van der Waals surface area contributed by atoms with E-state index in [1.807, 2.05) is 0 Å². The van der Waals surface area contributed by atoms with E-state index in [1.54, 1.807) is 0 Å². The summed E-state index contributed by atoms with van der Waals surface area (Å²) in [5.41, 5.74) is 3.83. The molecule has 0 radical (unpaired) electrons. The topological polar surface area (TPSA) is 30.9 Å². The number of nitrogens with zero attached hydrogens (tertiary/aromatic N) is 1. The molecule has 0 N–H and O–H groups in total. The molecule has 3 aliphatic heterocycles. The van der Waals surface area contributed by atoms with Gasteiger partial charge in [-0.05, 0) is 30.7 Å². The molecule has 0 saturated carbocycles. The second kappa shape index (κ2) is 5.54. The summed E-state index contributed by atoms with van der Waals surface area (Å²) in [6.07, 6.45) is 3.20. The van der Waals surface area contributed by atoms with Crippen molar-refractivity contribution >= 4 is 5.57 Å². The summed E-state index contributed by atoms with van der Waals surface area (Å²) in [6, 6.07) is 9.47. The molecule has 2 atom stereocenters. The molecule has 3 aliphatic rings. The van der Waals surface area contributed by atoms with Gasteiger partial charge in [-0.25, -0.2) is 0 Å². The van der Waals surface area contributed by atoms with Crippen molar-refractivity contribution < 1.29 is 14.2 Å². The minimum atomic E-state index is -0.195. The Labute approximate surface area is 125 Å². The SMILES string of the molecule is CN1C2C=C(c3cccc(C4OCCO4)c3)CC1COC2. The van der Waals surface area contributed by atoms with Crippen molar-refractivity contribution in [2.75, 3.05) is 33.5 Å². The maximum absolute atomic E-state index is 5.67. The molecular formula is C17H21NO3. The largest absolute Gasteiger partial charge is 0.378 e. The third kappa shape index (κ3) is 2.53. The van der Waals surface area contributed by atoms with Crippen LogP contribution in [0.2, 0.25) is 0 Å². The molecular weight excluding hydrogens is 266 g/mol. The Morgan fingerprint density at radius 3 is 2.81 bits per heavy atom. The average Bonchev–Trinajstić information content (AvgIpc) is 3.01. The Morgan fingerprint density at radius 2 is 2.00 bits per heavy atom. The average molecular weight is 287 g/mol. The fourth-order valence-corrected chi connectivity index (χ4v) is 3.40. The molecule has 3 heterocycles. The number of likely N-dealkylation sites (N-methyl/N-ethyl adjacent to an activating group) is 1. The zero-order valence-electron chi connectivity index (χ0n) is 12.3. The van der Waals surface area contributed by atoms with Gasteiger partial charge in [0.1, 0.15) is 0 Å². The number of morpholine rings is 1. The highest BCUT2D eigenvalue weighted by atomic mass is 16.7. The van der Waals surface area contributed by atoms with Crippen LogP contribution in [-0.2, 0) is 14.2 Å². The molecule has 2 fully saturated rings. The Kier molecular flexibility index (Phi) is 3.55. The van der Waals surface area contributed by atoms with Gasteiger partial charge < -0.3 is 14.2 Å². The third-order valence-corrected chi connectivity index (χ3v) is 4.70. The molecule has 0 aromatic heterocycles. The van der Waals surface area contributed by atoms with E-state index in [-0.39, 0.29) is 6.29 Å². The summed E-state index contributed by atoms with van der Waals surface area (Å²) in [6.45, 7) is 3.00. The predicted octanol–water partition coefficient (Wildman–Crippen LogP) is 2.22. The van der Waals surface area contributed by atoms with Crippen molar-refractivity contribution in [2.24, 2.45) is 0 Å². The summed E-state index contributed by atoms with van der Waals surface area (Å²) in [7, 11) is 2.20. The van der Waals surface area contributed by atoms with Gasteiger partial charge in [0, 0.05) is 11.6 Å². The molecule has 2 saturated heterocycles. The summed E-state index contributed by atoms with van der Waals surface area (Å²) in [5, 5.41) is 0. The molecule has 0 amide bonds. The van der Waals surface area contributed by atoms with Crippen molar-refractivity contribution in [2.45, 2.75) is 24.8 Å². The number of fused-ring (bicyclic) bond motifs is 2. The smallest absolute Gasteiger partial charge is 0.184 e. The Balaban J connectivity index is 1.62. The van der Waals surface area contributed by atoms with E-state index in [2.05, 4.69) is 42.3 Å². The highest BCUT2D eigenvalue weighted by Crippen LogP contribution is 2.33. The van der Waals surface area contributed by atoms with Crippen molar-refractivity contribution in [1.82, 2.24) is 4.90 Å². The highest BCUT2D eigenvalue weighted by molar-refractivity contribution is 5.68. The third-order valence-electron chi connectivity index (χ3n) is 4.70. The summed E-state index contributed by atoms with van der Waals surface area (Å²) in [4.78, 5) is 2.43. The van der Waals surface area contributed by atoms with Crippen molar-refractivity contribution in [3.63, 3.8) is 0 Å². The molecule has 4 nitrogen and oxygen atoms in total. The van der Waals surface area contributed by atoms with E-state index in [0.717, 1.165) is 25.2 Å². The van der Waals surface area contributed by atoms with E-state index >= 15 is 0 Å². The van der Waals surface area contributed by atoms with E-state index in [0.29, 0.717) is 25.3 Å². The lowest BCUT2D eigenvalue weighted by atomic mass is 9.89. The number of hydrogen-bond acceptors (Lipinski definition) is 4. The van der Waals surface area contributed by atoms with Crippen LogP contribution < -0.4 is 0 Å². The lowest BCUT2D eigenvalue weighted by Gasteiger charge is -2.42. The fourth-order valence-electron chi connectivity index (χ4n) is 3.40. The van der Waals surface area contributed by atoms with Crippen LogP contribution in [0.1, 0.15) is 23.8 Å². The first kappa shape index (κ1) is 13.5. The number of hydrogen-bond donors (Lipinski definition) is 0. The van der Waals surface area contributed by atoms with Crippen molar-refractivity contribution in [3.05, 3.63) is 41.5 Å². The maximum atomic E-state index is 5.67. The standard InChI is InChI=1S/C17H21NO3/c1-18-15-8-14(9-16(18)11-19-10-15)12-3-2-4-13(7-12)17-20-5-6-21-17/h2-4,7-8,15-17H,5-6,9-11H2,1H3. The molecule has 2 unspecified atom stereocenters. The van der Waals surface area contributed by atoms with Crippen LogP contribution in [0.15, 0.2) is 30.3 Å². The lowest BCUT2D eigenvalue weighted by Crippen LogP contribution is -2.51. The molecule has 4 heteroatoms. The van der Waals surface area contributed by atoms with Crippen LogP contribution in [0.5, 0.6) is 0 Å². The molecule has 2 bridgehead atoms. The summed E-state index contributed by atoms with van der Waals surface area (Å²) < 4.78 is 16.9. The maximum Gasteiger partial charge on any atom is 0.184 e. The van der Waals surface area contributed by atoms with Gasteiger partial charge in [0.05, 0.1) is 32.5 Å². The van der Waals surface area contributed by atoms with Crippen LogP contribution in [0, 0.1) is 0 Å². The second-order valence-electron chi connectivity index (χ2n) is 6.02. The van der Waals surface area contributed by atoms with Gasteiger partial charge in [0.25, 0.3) is 0 Å². The zero-order valence-corrected chi connectivity index (χ0v) is 12.3. The van der Waals surface area contributed by atoms with Gasteiger partial charge in [-0.1, -0.05) is 24.3 Å². The fraction of sp³-hybridized carbons (Fsp3) is 0.529. The number of ether oxygens (including phenoxy) is 3. The Hall–Kier alpha value is -1.20. The van der Waals surface area contributed by atoms with Gasteiger partial charge in [-0.2, -0.15) is 0 Å². The molecule has 1 aromatic carbocycles. The molecule has 0 aliphatic carbocycles. The van der Waals surface area contributed by atoms with E-state index in [4.69, 9.17) is 14.2 Å². The first-order valence-electron chi connectivity index (χ1n) is 7.65. The molecule has 4 rings (SSSR count). The van der Waals surface area contributed by atoms with Crippen molar-refractivity contribution in [3.8, 4) is 0 Å². The van der Waals surface area contributed by atoms with E-state index in [1.165, 1.54) is 11.1 Å². The Bertz CT molecular complexity index is 551. The number of rotatable bonds is 2. The van der Waals surface area contributed by atoms with Crippen LogP contribution >= 0.6 is 0 Å². The monoisotopic (exact) mass is 287 g/mol. The van der Waals surface area contributed by atoms with Gasteiger partial charge in [-0.3, -0.25) is 4.90 Å². The van der Waals surface area contributed by atoms with E-state index < -0.39 is 0 Å². The first-order valence-corrected chi connectivity index (χ1v) is 7.65. The van der Waals surface area contributed by atoms with Gasteiger partial charge >= 0.3 is 0 Å². The molecule has 112 valence electrons. The van der Waals surface area contributed by atoms with Gasteiger partial charge in [0.2, 0.25) is 0 Å². The normalized spacial score (nSPS) is 30.4. The Morgan fingerprint density at radius 1 is 1.14 bits per heavy atom. The predicted molar refractivity (Wildman–Crippen MR) is 79.8 cm³/mol. The number of benzene rings is 1. The van der Waals surface area contributed by atoms with Crippen LogP contribution in [0.25, 0.3) is 5.57 Å². The minimum absolute atomic E-state index is 0.195. The molecule has 0 spiro atoms. The molecule has 21 heavy (non-hydrogen) atoms. The van der Waals surface area contributed by atoms with Crippen molar-refractivity contribution in [1.29, 1.82) is 0 Å².